The highest BCUT2D eigenvalue weighted by Gasteiger charge is 2.29. The molecule has 168 valence electrons. The van der Waals surface area contributed by atoms with Crippen molar-refractivity contribution in [2.24, 2.45) is 5.92 Å². The van der Waals surface area contributed by atoms with E-state index in [-0.39, 0.29) is 16.8 Å². The fourth-order valence-electron chi connectivity index (χ4n) is 4.23. The summed E-state index contributed by atoms with van der Waals surface area (Å²) in [5.41, 5.74) is 4.59. The fraction of sp³-hybridized carbons (Fsp3) is 0.480. The van der Waals surface area contributed by atoms with Crippen molar-refractivity contribution >= 4 is 15.9 Å². The highest BCUT2D eigenvalue weighted by molar-refractivity contribution is 7.89. The van der Waals surface area contributed by atoms with Crippen LogP contribution in [-0.4, -0.2) is 31.7 Å². The fourth-order valence-corrected chi connectivity index (χ4v) is 5.73. The van der Waals surface area contributed by atoms with Gasteiger partial charge in [-0.2, -0.15) is 4.31 Å². The Hall–Kier alpha value is -2.18. The van der Waals surface area contributed by atoms with Crippen LogP contribution in [0.4, 0.5) is 0 Å². The molecule has 0 spiro atoms. The van der Waals surface area contributed by atoms with Gasteiger partial charge in [-0.3, -0.25) is 4.79 Å². The van der Waals surface area contributed by atoms with Crippen LogP contribution in [-0.2, 0) is 10.0 Å². The second-order valence-electron chi connectivity index (χ2n) is 8.86. The van der Waals surface area contributed by atoms with Gasteiger partial charge >= 0.3 is 0 Å². The zero-order valence-electron chi connectivity index (χ0n) is 19.2. The van der Waals surface area contributed by atoms with Gasteiger partial charge in [-0.15, -0.1) is 0 Å². The second-order valence-corrected chi connectivity index (χ2v) is 10.8. The van der Waals surface area contributed by atoms with Crippen LogP contribution in [0, 0.1) is 26.7 Å². The Bertz CT molecular complexity index is 1050. The highest BCUT2D eigenvalue weighted by atomic mass is 32.2. The monoisotopic (exact) mass is 442 g/mol. The Morgan fingerprint density at radius 1 is 1.06 bits per heavy atom. The topological polar surface area (TPSA) is 66.5 Å². The van der Waals surface area contributed by atoms with Gasteiger partial charge in [0.2, 0.25) is 10.0 Å². The minimum Gasteiger partial charge on any atom is -0.345 e. The molecule has 1 N–H and O–H groups in total. The number of carbonyl (C=O) groups is 1. The largest absolute Gasteiger partial charge is 0.345 e. The van der Waals surface area contributed by atoms with Crippen LogP contribution in [0.2, 0.25) is 0 Å². The molecular formula is C25H34N2O3S. The van der Waals surface area contributed by atoms with Gasteiger partial charge in [0.05, 0.1) is 10.9 Å². The number of amides is 1. The quantitative estimate of drug-likeness (QED) is 0.691. The van der Waals surface area contributed by atoms with E-state index in [1.807, 2.05) is 13.8 Å². The maximum atomic E-state index is 13.2. The van der Waals surface area contributed by atoms with Gasteiger partial charge in [0.15, 0.2) is 0 Å². The number of hydrogen-bond donors (Lipinski definition) is 1. The number of piperidine rings is 1. The van der Waals surface area contributed by atoms with E-state index >= 15 is 0 Å². The Balaban J connectivity index is 1.86. The summed E-state index contributed by atoms with van der Waals surface area (Å²) < 4.78 is 27.8. The van der Waals surface area contributed by atoms with E-state index in [0.29, 0.717) is 24.6 Å². The maximum absolute atomic E-state index is 13.2. The summed E-state index contributed by atoms with van der Waals surface area (Å²) in [6.07, 6.45) is 2.48. The lowest BCUT2D eigenvalue weighted by Gasteiger charge is -2.29. The van der Waals surface area contributed by atoms with Gasteiger partial charge in [0, 0.05) is 18.7 Å². The van der Waals surface area contributed by atoms with Crippen molar-refractivity contribution in [3.05, 3.63) is 64.2 Å². The van der Waals surface area contributed by atoms with Crippen molar-refractivity contribution in [1.29, 1.82) is 0 Å². The van der Waals surface area contributed by atoms with Crippen molar-refractivity contribution in [1.82, 2.24) is 9.62 Å². The van der Waals surface area contributed by atoms with Crippen molar-refractivity contribution in [3.8, 4) is 0 Å². The van der Waals surface area contributed by atoms with Crippen LogP contribution in [0.25, 0.3) is 0 Å². The molecule has 0 saturated carbocycles. The Kier molecular flexibility index (Phi) is 7.22. The van der Waals surface area contributed by atoms with E-state index in [2.05, 4.69) is 44.3 Å². The summed E-state index contributed by atoms with van der Waals surface area (Å²) in [5, 5.41) is 3.12. The third-order valence-electron chi connectivity index (χ3n) is 6.35. The van der Waals surface area contributed by atoms with Crippen molar-refractivity contribution < 1.29 is 13.2 Å². The molecule has 0 aliphatic carbocycles. The molecule has 1 aliphatic heterocycles. The van der Waals surface area contributed by atoms with E-state index in [4.69, 9.17) is 0 Å². The predicted octanol–water partition coefficient (Wildman–Crippen LogP) is 4.91. The molecular weight excluding hydrogens is 408 g/mol. The van der Waals surface area contributed by atoms with E-state index in [1.54, 1.807) is 16.4 Å². The molecule has 0 radical (unpaired) electrons. The Labute approximate surface area is 186 Å². The second kappa shape index (κ2) is 9.53. The first-order chi connectivity index (χ1) is 14.6. The van der Waals surface area contributed by atoms with Crippen molar-refractivity contribution in [2.45, 2.75) is 64.8 Å². The van der Waals surface area contributed by atoms with E-state index < -0.39 is 10.0 Å². The normalized spacial score (nSPS) is 16.8. The van der Waals surface area contributed by atoms with Crippen molar-refractivity contribution in [2.75, 3.05) is 13.1 Å². The Morgan fingerprint density at radius 3 is 2.35 bits per heavy atom. The molecule has 1 amide bonds. The first-order valence-electron chi connectivity index (χ1n) is 11.1. The lowest BCUT2D eigenvalue weighted by atomic mass is 9.97. The molecule has 3 rings (SSSR count). The average molecular weight is 443 g/mol. The summed E-state index contributed by atoms with van der Waals surface area (Å²) in [6.45, 7) is 11.2. The predicted molar refractivity (Wildman–Crippen MR) is 125 cm³/mol. The molecule has 1 fully saturated rings. The molecule has 0 unspecified atom stereocenters. The number of benzene rings is 2. The van der Waals surface area contributed by atoms with Gasteiger partial charge in [0.1, 0.15) is 0 Å². The molecule has 1 saturated heterocycles. The van der Waals surface area contributed by atoms with Gasteiger partial charge in [0.25, 0.3) is 5.91 Å². The number of aryl methyl sites for hydroxylation is 3. The van der Waals surface area contributed by atoms with Crippen LogP contribution in [0.5, 0.6) is 0 Å². The zero-order chi connectivity index (χ0) is 22.8. The number of rotatable bonds is 6. The summed E-state index contributed by atoms with van der Waals surface area (Å²) in [6, 6.07) is 11.0. The van der Waals surface area contributed by atoms with E-state index in [0.717, 1.165) is 36.0 Å². The number of sulfonamides is 1. The molecule has 2 aromatic rings. The summed E-state index contributed by atoms with van der Waals surface area (Å²) in [4.78, 5) is 13.4. The third-order valence-corrected chi connectivity index (χ3v) is 8.24. The van der Waals surface area contributed by atoms with Crippen LogP contribution in [0.1, 0.15) is 71.8 Å². The molecule has 2 aromatic carbocycles. The number of carbonyl (C=O) groups excluding carboxylic acids is 1. The standard InChI is InChI=1S/C25H34N2O3S/c1-6-24(22-10-7-18(3)15-20(22)5)26-25(28)23-16-21(9-8-19(23)4)31(29,30)27-13-11-17(2)12-14-27/h7-10,15-17,24H,6,11-14H2,1-5H3,(H,26,28)/t24-/m1/s1. The summed E-state index contributed by atoms with van der Waals surface area (Å²) in [7, 11) is -3.60. The maximum Gasteiger partial charge on any atom is 0.252 e. The average Bonchev–Trinajstić information content (AvgIpc) is 2.72. The van der Waals surface area contributed by atoms with E-state index in [1.165, 1.54) is 11.6 Å². The molecule has 1 aliphatic rings. The van der Waals surface area contributed by atoms with Gasteiger partial charge in [-0.25, -0.2) is 8.42 Å². The molecule has 31 heavy (non-hydrogen) atoms. The molecule has 5 nitrogen and oxygen atoms in total. The minimum atomic E-state index is -3.60. The van der Waals surface area contributed by atoms with Gasteiger partial charge in [-0.1, -0.05) is 43.7 Å². The summed E-state index contributed by atoms with van der Waals surface area (Å²) >= 11 is 0. The van der Waals surface area contributed by atoms with Crippen LogP contribution < -0.4 is 5.32 Å². The van der Waals surface area contributed by atoms with E-state index in [9.17, 15) is 13.2 Å². The minimum absolute atomic E-state index is 0.128. The lowest BCUT2D eigenvalue weighted by molar-refractivity contribution is 0.0934. The van der Waals surface area contributed by atoms with Crippen LogP contribution in [0.3, 0.4) is 0 Å². The van der Waals surface area contributed by atoms with Gasteiger partial charge < -0.3 is 5.32 Å². The number of nitrogens with one attached hydrogen (secondary N) is 1. The first-order valence-corrected chi connectivity index (χ1v) is 12.6. The van der Waals surface area contributed by atoms with Crippen LogP contribution in [0.15, 0.2) is 41.3 Å². The zero-order valence-corrected chi connectivity index (χ0v) is 20.1. The first kappa shape index (κ1) is 23.5. The molecule has 1 heterocycles. The lowest BCUT2D eigenvalue weighted by Crippen LogP contribution is -2.38. The molecule has 6 heteroatoms. The smallest absolute Gasteiger partial charge is 0.252 e. The SMILES string of the molecule is CC[C@@H](NC(=O)c1cc(S(=O)(=O)N2CCC(C)CC2)ccc1C)c1ccc(C)cc1C. The molecule has 0 aromatic heterocycles. The molecule has 1 atom stereocenters. The van der Waals surface area contributed by atoms with Gasteiger partial charge in [-0.05, 0) is 74.8 Å². The highest BCUT2D eigenvalue weighted by Crippen LogP contribution is 2.26. The van der Waals surface area contributed by atoms with Crippen LogP contribution >= 0.6 is 0 Å². The Morgan fingerprint density at radius 2 is 1.74 bits per heavy atom. The summed E-state index contributed by atoms with van der Waals surface area (Å²) in [5.74, 6) is 0.302. The van der Waals surface area contributed by atoms with Crippen molar-refractivity contribution in [3.63, 3.8) is 0 Å². The number of hydrogen-bond acceptors (Lipinski definition) is 3. The molecule has 0 bridgehead atoms. The number of nitrogens with zero attached hydrogens (tertiary/aromatic N) is 1. The third kappa shape index (κ3) is 5.18.